The quantitative estimate of drug-likeness (QED) is 0.582. The molecule has 1 aromatic rings. The van der Waals surface area contributed by atoms with Crippen LogP contribution in [0.25, 0.3) is 0 Å². The van der Waals surface area contributed by atoms with Crippen LogP contribution in [-0.2, 0) is 9.47 Å². The average molecular weight is 285 g/mol. The van der Waals surface area contributed by atoms with E-state index in [4.69, 9.17) is 9.47 Å². The van der Waals surface area contributed by atoms with Gasteiger partial charge in [0.2, 0.25) is 0 Å². The van der Waals surface area contributed by atoms with E-state index in [-0.39, 0.29) is 24.0 Å². The van der Waals surface area contributed by atoms with Gasteiger partial charge in [0.15, 0.2) is 5.79 Å². The lowest BCUT2D eigenvalue weighted by Gasteiger charge is -2.27. The van der Waals surface area contributed by atoms with Gasteiger partial charge in [-0.15, -0.1) is 0 Å². The first-order chi connectivity index (χ1) is 9.98. The van der Waals surface area contributed by atoms with Gasteiger partial charge in [0.25, 0.3) is 11.8 Å². The van der Waals surface area contributed by atoms with E-state index in [0.717, 1.165) is 0 Å². The fourth-order valence-electron chi connectivity index (χ4n) is 3.27. The normalized spacial score (nSPS) is 32.7. The Morgan fingerprint density at radius 2 is 1.62 bits per heavy atom. The molecular formula is C16H15NO4. The molecule has 0 saturated carbocycles. The third kappa shape index (κ3) is 1.71. The number of ether oxygens (including phenoxy) is 2. The summed E-state index contributed by atoms with van der Waals surface area (Å²) in [6.07, 6.45) is 3.15. The lowest BCUT2D eigenvalue weighted by atomic mass is 10.1. The summed E-state index contributed by atoms with van der Waals surface area (Å²) in [5, 5.41) is 0. The number of benzene rings is 1. The third-order valence-electron chi connectivity index (χ3n) is 4.12. The first-order valence-electron chi connectivity index (χ1n) is 6.99. The van der Waals surface area contributed by atoms with E-state index >= 15 is 0 Å². The number of fused-ring (bicyclic) bond motifs is 2. The molecule has 108 valence electrons. The van der Waals surface area contributed by atoms with E-state index in [9.17, 15) is 9.59 Å². The third-order valence-corrected chi connectivity index (χ3v) is 4.12. The number of hydrogen-bond acceptors (Lipinski definition) is 4. The molecule has 2 aliphatic heterocycles. The molecule has 21 heavy (non-hydrogen) atoms. The van der Waals surface area contributed by atoms with E-state index in [1.54, 1.807) is 24.3 Å². The molecular weight excluding hydrogens is 270 g/mol. The number of carbonyl (C=O) groups is 2. The maximum absolute atomic E-state index is 12.5. The fraction of sp³-hybridized carbons (Fsp3) is 0.375. The van der Waals surface area contributed by atoms with Crippen molar-refractivity contribution in [1.29, 1.82) is 0 Å². The first kappa shape index (κ1) is 12.7. The maximum atomic E-state index is 12.5. The van der Waals surface area contributed by atoms with Crippen molar-refractivity contribution >= 4 is 11.8 Å². The van der Waals surface area contributed by atoms with Crippen molar-refractivity contribution in [3.63, 3.8) is 0 Å². The molecule has 4 rings (SSSR count). The number of carbonyl (C=O) groups excluding carboxylic acids is 2. The molecule has 2 heterocycles. The lowest BCUT2D eigenvalue weighted by Crippen LogP contribution is -2.46. The SMILES string of the molecule is CC1(C)O[C@H]2[C@H](N3C(=O)c4ccccc4C3=O)C=C[C@H]2O1. The molecule has 1 fully saturated rings. The predicted molar refractivity (Wildman–Crippen MR) is 73.7 cm³/mol. The Labute approximate surface area is 122 Å². The van der Waals surface area contributed by atoms with Crippen LogP contribution in [0.3, 0.4) is 0 Å². The van der Waals surface area contributed by atoms with Crippen molar-refractivity contribution in [2.45, 2.75) is 37.9 Å². The van der Waals surface area contributed by atoms with Crippen molar-refractivity contribution in [1.82, 2.24) is 4.90 Å². The Balaban J connectivity index is 1.69. The smallest absolute Gasteiger partial charge is 0.262 e. The minimum atomic E-state index is -0.697. The second kappa shape index (κ2) is 4.02. The Bertz CT molecular complexity index is 644. The Morgan fingerprint density at radius 3 is 2.24 bits per heavy atom. The summed E-state index contributed by atoms with van der Waals surface area (Å²) >= 11 is 0. The van der Waals surface area contributed by atoms with Crippen molar-refractivity contribution in [2.24, 2.45) is 0 Å². The lowest BCUT2D eigenvalue weighted by molar-refractivity contribution is -0.147. The second-order valence-electron chi connectivity index (χ2n) is 5.97. The number of amides is 2. The van der Waals surface area contributed by atoms with Gasteiger partial charge in [-0.05, 0) is 26.0 Å². The van der Waals surface area contributed by atoms with E-state index < -0.39 is 11.8 Å². The van der Waals surface area contributed by atoms with Gasteiger partial charge >= 0.3 is 0 Å². The van der Waals surface area contributed by atoms with Gasteiger partial charge in [0, 0.05) is 0 Å². The van der Waals surface area contributed by atoms with Gasteiger partial charge in [-0.2, -0.15) is 0 Å². The summed E-state index contributed by atoms with van der Waals surface area (Å²) in [6.45, 7) is 3.66. The van der Waals surface area contributed by atoms with E-state index in [0.29, 0.717) is 11.1 Å². The van der Waals surface area contributed by atoms with Crippen LogP contribution in [0.2, 0.25) is 0 Å². The zero-order chi connectivity index (χ0) is 14.8. The van der Waals surface area contributed by atoms with Crippen LogP contribution in [0.1, 0.15) is 34.6 Å². The minimum Gasteiger partial charge on any atom is -0.342 e. The second-order valence-corrected chi connectivity index (χ2v) is 5.97. The highest BCUT2D eigenvalue weighted by atomic mass is 16.8. The topological polar surface area (TPSA) is 55.8 Å². The molecule has 3 aliphatic rings. The Morgan fingerprint density at radius 1 is 1.00 bits per heavy atom. The summed E-state index contributed by atoms with van der Waals surface area (Å²) in [5.74, 6) is -1.23. The molecule has 2 amide bonds. The van der Waals surface area contributed by atoms with Crippen LogP contribution in [0.15, 0.2) is 36.4 Å². The molecule has 1 aliphatic carbocycles. The van der Waals surface area contributed by atoms with Crippen LogP contribution in [0, 0.1) is 0 Å². The standard InChI is InChI=1S/C16H15NO4/c1-16(2)20-12-8-7-11(13(12)21-16)17-14(18)9-5-3-4-6-10(9)15(17)19/h3-8,11-13H,1-2H3/t11-,12-,13+/m1/s1. The van der Waals surface area contributed by atoms with Crippen molar-refractivity contribution in [3.05, 3.63) is 47.5 Å². The fourth-order valence-corrected chi connectivity index (χ4v) is 3.27. The largest absolute Gasteiger partial charge is 0.342 e. The van der Waals surface area contributed by atoms with Crippen LogP contribution >= 0.6 is 0 Å². The van der Waals surface area contributed by atoms with Gasteiger partial charge in [0.1, 0.15) is 12.2 Å². The Hall–Kier alpha value is -1.98. The zero-order valence-corrected chi connectivity index (χ0v) is 11.8. The monoisotopic (exact) mass is 285 g/mol. The molecule has 5 nitrogen and oxygen atoms in total. The summed E-state index contributed by atoms with van der Waals surface area (Å²) in [7, 11) is 0. The van der Waals surface area contributed by atoms with Crippen molar-refractivity contribution in [2.75, 3.05) is 0 Å². The number of imide groups is 1. The highest BCUT2D eigenvalue weighted by molar-refractivity contribution is 6.21. The molecule has 0 unspecified atom stereocenters. The minimum absolute atomic E-state index is 0.214. The molecule has 0 N–H and O–H groups in total. The van der Waals surface area contributed by atoms with Crippen LogP contribution in [0.5, 0.6) is 0 Å². The van der Waals surface area contributed by atoms with E-state index in [2.05, 4.69) is 0 Å². The van der Waals surface area contributed by atoms with Crippen molar-refractivity contribution in [3.8, 4) is 0 Å². The molecule has 1 saturated heterocycles. The summed E-state index contributed by atoms with van der Waals surface area (Å²) in [4.78, 5) is 26.3. The van der Waals surface area contributed by atoms with Gasteiger partial charge in [-0.3, -0.25) is 14.5 Å². The van der Waals surface area contributed by atoms with Gasteiger partial charge < -0.3 is 9.47 Å². The highest BCUT2D eigenvalue weighted by Gasteiger charge is 2.52. The molecule has 0 radical (unpaired) electrons. The van der Waals surface area contributed by atoms with Crippen molar-refractivity contribution < 1.29 is 19.1 Å². The Kier molecular flexibility index (Phi) is 2.44. The molecule has 0 bridgehead atoms. The van der Waals surface area contributed by atoms with Gasteiger partial charge in [-0.25, -0.2) is 0 Å². The molecule has 1 aromatic carbocycles. The number of hydrogen-bond donors (Lipinski definition) is 0. The number of rotatable bonds is 1. The molecule has 0 aromatic heterocycles. The van der Waals surface area contributed by atoms with Crippen LogP contribution in [0.4, 0.5) is 0 Å². The summed E-state index contributed by atoms with van der Waals surface area (Å²) < 4.78 is 11.6. The zero-order valence-electron chi connectivity index (χ0n) is 11.8. The van der Waals surface area contributed by atoms with Crippen LogP contribution in [-0.4, -0.2) is 40.8 Å². The van der Waals surface area contributed by atoms with E-state index in [1.807, 2.05) is 26.0 Å². The van der Waals surface area contributed by atoms with E-state index in [1.165, 1.54) is 4.90 Å². The van der Waals surface area contributed by atoms with Crippen LogP contribution < -0.4 is 0 Å². The average Bonchev–Trinajstić information content (AvgIpc) is 3.02. The molecule has 5 heteroatoms. The predicted octanol–water partition coefficient (Wildman–Crippen LogP) is 1.74. The molecule has 3 atom stereocenters. The van der Waals surface area contributed by atoms with Gasteiger partial charge in [0.05, 0.1) is 17.2 Å². The summed E-state index contributed by atoms with van der Waals surface area (Å²) in [5.41, 5.74) is 0.912. The first-order valence-corrected chi connectivity index (χ1v) is 6.99. The molecule has 0 spiro atoms. The number of nitrogens with zero attached hydrogens (tertiary/aromatic N) is 1. The van der Waals surface area contributed by atoms with Gasteiger partial charge in [-0.1, -0.05) is 24.3 Å². The highest BCUT2D eigenvalue weighted by Crippen LogP contribution is 2.38. The maximum Gasteiger partial charge on any atom is 0.262 e. The summed E-state index contributed by atoms with van der Waals surface area (Å²) in [6, 6.07) is 6.48.